The van der Waals surface area contributed by atoms with Gasteiger partial charge in [0.05, 0.1) is 18.8 Å². The van der Waals surface area contributed by atoms with Crippen LogP contribution >= 0.6 is 0 Å². The Balaban J connectivity index is 1.81. The van der Waals surface area contributed by atoms with Crippen molar-refractivity contribution >= 4 is 0 Å². The highest BCUT2D eigenvalue weighted by atomic mass is 16.5. The largest absolute Gasteiger partial charge is 0.373 e. The lowest BCUT2D eigenvalue weighted by Gasteiger charge is -2.29. The summed E-state index contributed by atoms with van der Waals surface area (Å²) in [7, 11) is 0. The number of nitrogens with one attached hydrogen (secondary N) is 1. The number of fused-ring (bicyclic) bond motifs is 2. The Kier molecular flexibility index (Phi) is 2.87. The summed E-state index contributed by atoms with van der Waals surface area (Å²) in [6.07, 6.45) is 6.04. The van der Waals surface area contributed by atoms with Crippen LogP contribution in [0.25, 0.3) is 0 Å². The molecule has 0 saturated carbocycles. The smallest absolute Gasteiger partial charge is 0.0733 e. The standard InChI is InChI=1S/C11H17NO/c1-2-3-8-12-10-6-4-9-5-7-11(10)13-9/h9-12H,4-8H2,1H3. The molecular weight excluding hydrogens is 162 g/mol. The quantitative estimate of drug-likeness (QED) is 0.645. The average Bonchev–Trinajstić information content (AvgIpc) is 2.53. The van der Waals surface area contributed by atoms with Crippen molar-refractivity contribution in [3.8, 4) is 11.8 Å². The predicted molar refractivity (Wildman–Crippen MR) is 52.4 cm³/mol. The number of ether oxygens (including phenoxy) is 1. The predicted octanol–water partition coefficient (Wildman–Crippen LogP) is 1.31. The third-order valence-corrected chi connectivity index (χ3v) is 3.02. The molecule has 2 saturated heterocycles. The van der Waals surface area contributed by atoms with E-state index in [4.69, 9.17) is 4.74 Å². The monoisotopic (exact) mass is 179 g/mol. The van der Waals surface area contributed by atoms with Crippen LogP contribution in [0.3, 0.4) is 0 Å². The molecule has 0 spiro atoms. The van der Waals surface area contributed by atoms with Crippen LogP contribution in [0.5, 0.6) is 0 Å². The molecule has 0 radical (unpaired) electrons. The average molecular weight is 179 g/mol. The molecule has 1 N–H and O–H groups in total. The van der Waals surface area contributed by atoms with Crippen LogP contribution in [0.1, 0.15) is 32.6 Å². The van der Waals surface area contributed by atoms with E-state index in [-0.39, 0.29) is 0 Å². The van der Waals surface area contributed by atoms with E-state index >= 15 is 0 Å². The minimum atomic E-state index is 0.470. The molecule has 0 aromatic heterocycles. The van der Waals surface area contributed by atoms with Crippen molar-refractivity contribution in [2.75, 3.05) is 6.54 Å². The molecule has 2 aliphatic rings. The lowest BCUT2D eigenvalue weighted by molar-refractivity contribution is -0.0152. The Morgan fingerprint density at radius 3 is 3.00 bits per heavy atom. The summed E-state index contributed by atoms with van der Waals surface area (Å²) in [5.74, 6) is 5.93. The van der Waals surface area contributed by atoms with Gasteiger partial charge in [0.1, 0.15) is 0 Å². The van der Waals surface area contributed by atoms with Gasteiger partial charge in [-0.2, -0.15) is 0 Å². The van der Waals surface area contributed by atoms with Crippen LogP contribution in [-0.2, 0) is 4.74 Å². The Labute approximate surface area is 80.0 Å². The molecule has 3 unspecified atom stereocenters. The van der Waals surface area contributed by atoms with Crippen LogP contribution in [0, 0.1) is 11.8 Å². The van der Waals surface area contributed by atoms with E-state index in [9.17, 15) is 0 Å². The fourth-order valence-electron chi connectivity index (χ4n) is 2.30. The molecule has 0 aromatic carbocycles. The Morgan fingerprint density at radius 2 is 2.15 bits per heavy atom. The van der Waals surface area contributed by atoms with Crippen molar-refractivity contribution in [2.45, 2.75) is 50.9 Å². The van der Waals surface area contributed by atoms with Crippen molar-refractivity contribution < 1.29 is 4.74 Å². The van der Waals surface area contributed by atoms with E-state index in [0.717, 1.165) is 6.54 Å². The van der Waals surface area contributed by atoms with Crippen LogP contribution in [0.15, 0.2) is 0 Å². The van der Waals surface area contributed by atoms with E-state index in [1.165, 1.54) is 25.7 Å². The summed E-state index contributed by atoms with van der Waals surface area (Å²) in [5, 5.41) is 3.45. The van der Waals surface area contributed by atoms with Crippen LogP contribution < -0.4 is 5.32 Å². The minimum absolute atomic E-state index is 0.470. The molecule has 2 fully saturated rings. The third-order valence-electron chi connectivity index (χ3n) is 3.02. The van der Waals surface area contributed by atoms with Gasteiger partial charge in [0.15, 0.2) is 0 Å². The summed E-state index contributed by atoms with van der Waals surface area (Å²) < 4.78 is 5.83. The highest BCUT2D eigenvalue weighted by molar-refractivity contribution is 4.99. The van der Waals surface area contributed by atoms with Crippen LogP contribution in [0.2, 0.25) is 0 Å². The normalized spacial score (nSPS) is 36.8. The van der Waals surface area contributed by atoms with Crippen LogP contribution in [0.4, 0.5) is 0 Å². The zero-order chi connectivity index (χ0) is 9.10. The molecule has 2 heteroatoms. The molecule has 2 rings (SSSR count). The Morgan fingerprint density at radius 1 is 1.31 bits per heavy atom. The van der Waals surface area contributed by atoms with E-state index in [1.54, 1.807) is 0 Å². The van der Waals surface area contributed by atoms with Crippen molar-refractivity contribution in [2.24, 2.45) is 0 Å². The van der Waals surface area contributed by atoms with Gasteiger partial charge in [0.2, 0.25) is 0 Å². The van der Waals surface area contributed by atoms with Crippen molar-refractivity contribution in [3.63, 3.8) is 0 Å². The zero-order valence-electron chi connectivity index (χ0n) is 8.18. The third kappa shape index (κ3) is 2.04. The molecule has 2 nitrogen and oxygen atoms in total. The summed E-state index contributed by atoms with van der Waals surface area (Å²) >= 11 is 0. The lowest BCUT2D eigenvalue weighted by atomic mass is 10.0. The first-order valence-electron chi connectivity index (χ1n) is 5.18. The van der Waals surface area contributed by atoms with E-state index < -0.39 is 0 Å². The van der Waals surface area contributed by atoms with Gasteiger partial charge in [0, 0.05) is 6.04 Å². The lowest BCUT2D eigenvalue weighted by Crippen LogP contribution is -2.43. The maximum Gasteiger partial charge on any atom is 0.0733 e. The number of rotatable bonds is 2. The SMILES string of the molecule is CC#CCNC1CCC2CCC1O2. The first-order valence-corrected chi connectivity index (χ1v) is 5.18. The van der Waals surface area contributed by atoms with Crippen LogP contribution in [-0.4, -0.2) is 24.8 Å². The van der Waals surface area contributed by atoms with Crippen molar-refractivity contribution in [3.05, 3.63) is 0 Å². The van der Waals surface area contributed by atoms with Crippen molar-refractivity contribution in [1.82, 2.24) is 5.32 Å². The Hall–Kier alpha value is -0.520. The molecule has 3 atom stereocenters. The number of hydrogen-bond donors (Lipinski definition) is 1. The molecule has 0 amide bonds. The molecule has 2 aliphatic heterocycles. The topological polar surface area (TPSA) is 21.3 Å². The number of hydrogen-bond acceptors (Lipinski definition) is 2. The molecule has 0 aliphatic carbocycles. The second kappa shape index (κ2) is 4.13. The fraction of sp³-hybridized carbons (Fsp3) is 0.818. The van der Waals surface area contributed by atoms with Gasteiger partial charge >= 0.3 is 0 Å². The molecule has 13 heavy (non-hydrogen) atoms. The molecule has 72 valence electrons. The van der Waals surface area contributed by atoms with Gasteiger partial charge in [-0.25, -0.2) is 0 Å². The summed E-state index contributed by atoms with van der Waals surface area (Å²) in [6.45, 7) is 2.69. The van der Waals surface area contributed by atoms with Gasteiger partial charge in [-0.3, -0.25) is 0 Å². The van der Waals surface area contributed by atoms with Gasteiger partial charge in [-0.15, -0.1) is 5.92 Å². The first kappa shape index (κ1) is 9.05. The first-order chi connectivity index (χ1) is 6.40. The molecule has 2 bridgehead atoms. The zero-order valence-corrected chi connectivity index (χ0v) is 8.18. The van der Waals surface area contributed by atoms with Gasteiger partial charge in [-0.1, -0.05) is 5.92 Å². The van der Waals surface area contributed by atoms with Gasteiger partial charge in [0.25, 0.3) is 0 Å². The molecular formula is C11H17NO. The van der Waals surface area contributed by atoms with Gasteiger partial charge < -0.3 is 10.1 Å². The van der Waals surface area contributed by atoms with E-state index in [1.807, 2.05) is 6.92 Å². The van der Waals surface area contributed by atoms with E-state index in [0.29, 0.717) is 18.2 Å². The molecule has 0 aromatic rings. The highest BCUT2D eigenvalue weighted by Crippen LogP contribution is 2.32. The maximum absolute atomic E-state index is 5.83. The highest BCUT2D eigenvalue weighted by Gasteiger charge is 2.35. The summed E-state index contributed by atoms with van der Waals surface area (Å²) in [6, 6.07) is 0.555. The van der Waals surface area contributed by atoms with Crippen molar-refractivity contribution in [1.29, 1.82) is 0 Å². The summed E-state index contributed by atoms with van der Waals surface area (Å²) in [4.78, 5) is 0. The second-order valence-corrected chi connectivity index (χ2v) is 3.87. The molecule has 2 heterocycles. The maximum atomic E-state index is 5.83. The Bertz CT molecular complexity index is 228. The summed E-state index contributed by atoms with van der Waals surface area (Å²) in [5.41, 5.74) is 0. The fourth-order valence-corrected chi connectivity index (χ4v) is 2.30. The van der Waals surface area contributed by atoms with Gasteiger partial charge in [-0.05, 0) is 32.6 Å². The second-order valence-electron chi connectivity index (χ2n) is 3.87. The van der Waals surface area contributed by atoms with E-state index in [2.05, 4.69) is 17.2 Å². The minimum Gasteiger partial charge on any atom is -0.373 e.